The molecule has 182 valence electrons. The first-order valence-corrected chi connectivity index (χ1v) is 13.2. The third-order valence-electron chi connectivity index (χ3n) is 6.47. The summed E-state index contributed by atoms with van der Waals surface area (Å²) in [6.45, 7) is 9.16. The molecular formula is C25H29N7O2S. The zero-order valence-electron chi connectivity index (χ0n) is 20.4. The summed E-state index contributed by atoms with van der Waals surface area (Å²) in [6.07, 6.45) is 5.19. The van der Waals surface area contributed by atoms with Crippen molar-refractivity contribution in [2.75, 3.05) is 37.3 Å². The van der Waals surface area contributed by atoms with Gasteiger partial charge in [0.1, 0.15) is 23.4 Å². The molecule has 1 aliphatic rings. The van der Waals surface area contributed by atoms with Crippen LogP contribution in [0.15, 0.2) is 42.7 Å². The van der Waals surface area contributed by atoms with E-state index in [-0.39, 0.29) is 6.10 Å². The number of piperazine rings is 1. The molecule has 1 fully saturated rings. The molecule has 1 aliphatic heterocycles. The van der Waals surface area contributed by atoms with Gasteiger partial charge in [0.05, 0.1) is 28.4 Å². The maximum atomic E-state index is 11.7. The average Bonchev–Trinajstić information content (AvgIpc) is 3.27. The van der Waals surface area contributed by atoms with E-state index >= 15 is 0 Å². The lowest BCUT2D eigenvalue weighted by molar-refractivity contribution is 0.225. The average molecular weight is 492 g/mol. The van der Waals surface area contributed by atoms with Gasteiger partial charge in [0.25, 0.3) is 0 Å². The summed E-state index contributed by atoms with van der Waals surface area (Å²) in [5, 5.41) is 16.8. The van der Waals surface area contributed by atoms with E-state index in [4.69, 9.17) is 9.72 Å². The molecule has 9 nitrogen and oxygen atoms in total. The Morgan fingerprint density at radius 2 is 1.89 bits per heavy atom. The Bertz CT molecular complexity index is 1340. The number of rotatable bonds is 6. The third-order valence-corrected chi connectivity index (χ3v) is 7.57. The fourth-order valence-electron chi connectivity index (χ4n) is 4.66. The molecule has 0 spiro atoms. The minimum Gasteiger partial charge on any atom is -0.486 e. The van der Waals surface area contributed by atoms with Gasteiger partial charge in [-0.2, -0.15) is 15.3 Å². The number of nitrogens with zero attached hydrogens (tertiary/aromatic N) is 6. The number of aromatic amines is 1. The summed E-state index contributed by atoms with van der Waals surface area (Å²) in [6, 6.07) is 10.0. The van der Waals surface area contributed by atoms with Crippen molar-refractivity contribution in [3.63, 3.8) is 0 Å². The minimum absolute atomic E-state index is 0.162. The first-order valence-electron chi connectivity index (χ1n) is 11.6. The molecule has 1 aromatic carbocycles. The van der Waals surface area contributed by atoms with Crippen molar-refractivity contribution in [2.24, 2.45) is 0 Å². The second kappa shape index (κ2) is 9.71. The van der Waals surface area contributed by atoms with Crippen LogP contribution in [0.25, 0.3) is 22.2 Å². The van der Waals surface area contributed by atoms with Crippen molar-refractivity contribution in [1.29, 1.82) is 0 Å². The van der Waals surface area contributed by atoms with E-state index in [1.54, 1.807) is 12.5 Å². The molecule has 4 heterocycles. The first-order chi connectivity index (χ1) is 16.9. The van der Waals surface area contributed by atoms with Crippen LogP contribution >= 0.6 is 0 Å². The molecule has 0 aliphatic carbocycles. The van der Waals surface area contributed by atoms with E-state index in [9.17, 15) is 4.21 Å². The number of pyridine rings is 1. The number of hydrogen-bond donors (Lipinski definition) is 1. The van der Waals surface area contributed by atoms with E-state index in [2.05, 4.69) is 25.3 Å². The molecule has 5 rings (SSSR count). The van der Waals surface area contributed by atoms with Gasteiger partial charge in [-0.1, -0.05) is 0 Å². The van der Waals surface area contributed by atoms with Gasteiger partial charge in [0.15, 0.2) is 0 Å². The number of ether oxygens (including phenoxy) is 1. The van der Waals surface area contributed by atoms with Gasteiger partial charge in [-0.25, -0.2) is 13.5 Å². The van der Waals surface area contributed by atoms with Gasteiger partial charge in [-0.15, -0.1) is 0 Å². The molecule has 0 bridgehead atoms. The van der Waals surface area contributed by atoms with E-state index in [0.29, 0.717) is 0 Å². The van der Waals surface area contributed by atoms with Crippen LogP contribution in [-0.4, -0.2) is 66.3 Å². The number of H-pyrrole nitrogens is 1. The van der Waals surface area contributed by atoms with Crippen LogP contribution in [-0.2, 0) is 11.0 Å². The third kappa shape index (κ3) is 4.76. The molecule has 35 heavy (non-hydrogen) atoms. The summed E-state index contributed by atoms with van der Waals surface area (Å²) >= 11 is 0. The number of benzene rings is 1. The first kappa shape index (κ1) is 23.4. The second-order valence-corrected chi connectivity index (χ2v) is 10.2. The Labute approximate surface area is 207 Å². The molecule has 4 aromatic rings. The Hall–Kier alpha value is -3.37. The van der Waals surface area contributed by atoms with Crippen molar-refractivity contribution in [1.82, 2.24) is 29.7 Å². The van der Waals surface area contributed by atoms with Gasteiger partial charge < -0.3 is 9.64 Å². The summed E-state index contributed by atoms with van der Waals surface area (Å²) in [4.78, 5) is 6.92. The van der Waals surface area contributed by atoms with Crippen molar-refractivity contribution >= 4 is 27.7 Å². The zero-order valence-corrected chi connectivity index (χ0v) is 21.2. The standard InChI is InChI=1S/C25H29N7O2S/c1-16-14-27-28-17(2)24(16)18(3)34-20-6-7-22-21(13-20)25(30-29-22)19-5-8-23(26-15-19)31-9-11-32(12-10-31)35(4)33/h5-8,13-15,18H,9-12H2,1-4H3,(H,29,30)/t18-,35?/m0/s1. The molecule has 1 N–H and O–H groups in total. The van der Waals surface area contributed by atoms with Crippen LogP contribution in [0.2, 0.25) is 0 Å². The molecular weight excluding hydrogens is 462 g/mol. The number of anilines is 1. The van der Waals surface area contributed by atoms with Crippen LogP contribution < -0.4 is 9.64 Å². The van der Waals surface area contributed by atoms with Crippen molar-refractivity contribution < 1.29 is 8.95 Å². The molecule has 1 saturated heterocycles. The maximum Gasteiger partial charge on any atom is 0.128 e. The molecule has 0 amide bonds. The summed E-state index contributed by atoms with van der Waals surface area (Å²) in [5.74, 6) is 1.68. The maximum absolute atomic E-state index is 11.7. The van der Waals surface area contributed by atoms with Crippen LogP contribution in [0.5, 0.6) is 5.75 Å². The van der Waals surface area contributed by atoms with Crippen LogP contribution in [0.3, 0.4) is 0 Å². The molecule has 2 atom stereocenters. The minimum atomic E-state index is -0.922. The van der Waals surface area contributed by atoms with Crippen LogP contribution in [0, 0.1) is 13.8 Å². The highest BCUT2D eigenvalue weighted by Gasteiger charge is 2.20. The van der Waals surface area contributed by atoms with E-state index in [0.717, 1.165) is 76.7 Å². The predicted octanol–water partition coefficient (Wildman–Crippen LogP) is 3.59. The largest absolute Gasteiger partial charge is 0.486 e. The van der Waals surface area contributed by atoms with Crippen molar-refractivity contribution in [3.8, 4) is 17.0 Å². The van der Waals surface area contributed by atoms with Crippen LogP contribution in [0.4, 0.5) is 5.82 Å². The van der Waals surface area contributed by atoms with Gasteiger partial charge in [-0.05, 0) is 56.7 Å². The van der Waals surface area contributed by atoms with Crippen molar-refractivity contribution in [3.05, 3.63) is 59.5 Å². The lowest BCUT2D eigenvalue weighted by Crippen LogP contribution is -2.46. The Morgan fingerprint density at radius 3 is 2.57 bits per heavy atom. The second-order valence-electron chi connectivity index (χ2n) is 8.81. The highest BCUT2D eigenvalue weighted by Crippen LogP contribution is 2.32. The fraction of sp³-hybridized carbons (Fsp3) is 0.360. The Kier molecular flexibility index (Phi) is 6.48. The van der Waals surface area contributed by atoms with E-state index < -0.39 is 11.0 Å². The lowest BCUT2D eigenvalue weighted by Gasteiger charge is -2.33. The zero-order chi connectivity index (χ0) is 24.5. The summed E-state index contributed by atoms with van der Waals surface area (Å²) < 4.78 is 20.0. The number of hydrogen-bond acceptors (Lipinski definition) is 7. The van der Waals surface area contributed by atoms with Gasteiger partial charge in [0.2, 0.25) is 0 Å². The Balaban J connectivity index is 1.36. The van der Waals surface area contributed by atoms with Gasteiger partial charge in [0, 0.05) is 55.1 Å². The van der Waals surface area contributed by atoms with E-state index in [1.165, 1.54) is 0 Å². The van der Waals surface area contributed by atoms with E-state index in [1.807, 2.05) is 61.6 Å². The molecule has 1 unspecified atom stereocenters. The predicted molar refractivity (Wildman–Crippen MR) is 138 cm³/mol. The van der Waals surface area contributed by atoms with Crippen LogP contribution in [0.1, 0.15) is 29.8 Å². The number of nitrogens with one attached hydrogen (secondary N) is 1. The van der Waals surface area contributed by atoms with Gasteiger partial charge >= 0.3 is 0 Å². The summed E-state index contributed by atoms with van der Waals surface area (Å²) in [7, 11) is -0.922. The fourth-order valence-corrected chi connectivity index (χ4v) is 5.34. The number of aryl methyl sites for hydroxylation is 2. The smallest absolute Gasteiger partial charge is 0.128 e. The molecule has 0 saturated carbocycles. The highest BCUT2D eigenvalue weighted by molar-refractivity contribution is 7.81. The number of fused-ring (bicyclic) bond motifs is 1. The highest BCUT2D eigenvalue weighted by atomic mass is 32.2. The topological polar surface area (TPSA) is 100 Å². The number of aromatic nitrogens is 5. The quantitative estimate of drug-likeness (QED) is 0.440. The van der Waals surface area contributed by atoms with Gasteiger partial charge in [-0.3, -0.25) is 5.10 Å². The normalized spacial score (nSPS) is 16.4. The molecule has 10 heteroatoms. The molecule has 0 radical (unpaired) electrons. The Morgan fingerprint density at radius 1 is 1.09 bits per heavy atom. The molecule has 3 aromatic heterocycles. The summed E-state index contributed by atoms with van der Waals surface area (Å²) in [5.41, 5.74) is 5.69. The monoisotopic (exact) mass is 491 g/mol. The SMILES string of the molecule is Cc1cnnc(C)c1[C@H](C)Oc1ccc2[nH]nc(-c3ccc(N4CCN(S(C)=O)CC4)nc3)c2c1. The van der Waals surface area contributed by atoms with Crippen molar-refractivity contribution in [2.45, 2.75) is 26.9 Å². The lowest BCUT2D eigenvalue weighted by atomic mass is 10.0.